The first-order chi connectivity index (χ1) is 17.3. The zero-order valence-electron chi connectivity index (χ0n) is 20.5. The van der Waals surface area contributed by atoms with Gasteiger partial charge < -0.3 is 9.84 Å². The second-order valence-corrected chi connectivity index (χ2v) is 9.65. The molecule has 1 saturated heterocycles. The SMILES string of the molecule is Cc1ccc(N2C(=O)C(=O)C(=C(O)c3ccc(C(C)(C)C)cc3)[C@H]2c2ccc(OC(F)(F)F)cc2)nn1. The van der Waals surface area contributed by atoms with Crippen molar-refractivity contribution in [3.8, 4) is 5.75 Å². The molecule has 192 valence electrons. The topological polar surface area (TPSA) is 92.6 Å². The van der Waals surface area contributed by atoms with Crippen LogP contribution in [0.1, 0.15) is 49.2 Å². The Bertz CT molecular complexity index is 1360. The Morgan fingerprint density at radius 3 is 2.05 bits per heavy atom. The van der Waals surface area contributed by atoms with Crippen LogP contribution in [0.3, 0.4) is 0 Å². The highest BCUT2D eigenvalue weighted by molar-refractivity contribution is 6.51. The highest BCUT2D eigenvalue weighted by Crippen LogP contribution is 2.42. The summed E-state index contributed by atoms with van der Waals surface area (Å²) in [6.07, 6.45) is -4.88. The van der Waals surface area contributed by atoms with Gasteiger partial charge in [0, 0.05) is 5.56 Å². The van der Waals surface area contributed by atoms with E-state index in [1.165, 1.54) is 18.2 Å². The van der Waals surface area contributed by atoms with Gasteiger partial charge in [-0.05, 0) is 47.7 Å². The van der Waals surface area contributed by atoms with Crippen LogP contribution < -0.4 is 9.64 Å². The Balaban J connectivity index is 1.85. The van der Waals surface area contributed by atoms with E-state index in [0.717, 1.165) is 22.6 Å². The highest BCUT2D eigenvalue weighted by Gasteiger charge is 2.47. The molecule has 1 fully saturated rings. The van der Waals surface area contributed by atoms with E-state index in [1.54, 1.807) is 25.1 Å². The average molecular weight is 512 g/mol. The molecule has 0 saturated carbocycles. The molecule has 1 amide bonds. The van der Waals surface area contributed by atoms with Crippen molar-refractivity contribution in [2.24, 2.45) is 0 Å². The lowest BCUT2D eigenvalue weighted by molar-refractivity contribution is -0.274. The standard InChI is InChI=1S/C27H24F3N3O4/c1-15-5-14-20(32-31-15)33-22(16-8-12-19(13-9-16)37-27(28,29)30)21(24(35)25(33)36)23(34)17-6-10-18(11-7-17)26(2,3)4/h5-14,22,34H,1-4H3/t22-/m1/s1. The van der Waals surface area contributed by atoms with Crippen molar-refractivity contribution in [3.05, 3.63) is 88.6 Å². The summed E-state index contributed by atoms with van der Waals surface area (Å²) in [5.41, 5.74) is 1.78. The van der Waals surface area contributed by atoms with Crippen LogP contribution in [0.2, 0.25) is 0 Å². The van der Waals surface area contributed by atoms with Gasteiger partial charge in [-0.1, -0.05) is 57.2 Å². The van der Waals surface area contributed by atoms with Gasteiger partial charge in [0.1, 0.15) is 11.5 Å². The summed E-state index contributed by atoms with van der Waals surface area (Å²) in [5, 5.41) is 19.2. The van der Waals surface area contributed by atoms with Gasteiger partial charge in [0.2, 0.25) is 0 Å². The predicted octanol–water partition coefficient (Wildman–Crippen LogP) is 5.61. The molecule has 10 heteroatoms. The van der Waals surface area contributed by atoms with E-state index in [-0.39, 0.29) is 22.4 Å². The maximum absolute atomic E-state index is 13.2. The Morgan fingerprint density at radius 2 is 1.54 bits per heavy atom. The van der Waals surface area contributed by atoms with E-state index in [0.29, 0.717) is 11.3 Å². The number of aliphatic hydroxyl groups is 1. The minimum atomic E-state index is -4.88. The molecule has 0 radical (unpaired) electrons. The van der Waals surface area contributed by atoms with Crippen molar-refractivity contribution in [1.29, 1.82) is 0 Å². The maximum Gasteiger partial charge on any atom is 0.573 e. The van der Waals surface area contributed by atoms with Crippen LogP contribution in [0.5, 0.6) is 5.75 Å². The number of aliphatic hydroxyl groups excluding tert-OH is 1. The summed E-state index contributed by atoms with van der Waals surface area (Å²) < 4.78 is 41.9. The van der Waals surface area contributed by atoms with Gasteiger partial charge in [-0.2, -0.15) is 5.10 Å². The van der Waals surface area contributed by atoms with Gasteiger partial charge in [0.05, 0.1) is 17.3 Å². The zero-order valence-corrected chi connectivity index (χ0v) is 20.5. The fraction of sp³-hybridized carbons (Fsp3) is 0.259. The Kier molecular flexibility index (Phi) is 6.53. The van der Waals surface area contributed by atoms with Crippen LogP contribution >= 0.6 is 0 Å². The Hall–Kier alpha value is -4.21. The van der Waals surface area contributed by atoms with Crippen molar-refractivity contribution in [2.45, 2.75) is 45.5 Å². The summed E-state index contributed by atoms with van der Waals surface area (Å²) >= 11 is 0. The number of carbonyl (C=O) groups is 2. The van der Waals surface area contributed by atoms with Crippen molar-refractivity contribution in [3.63, 3.8) is 0 Å². The fourth-order valence-electron chi connectivity index (χ4n) is 4.04. The van der Waals surface area contributed by atoms with E-state index in [1.807, 2.05) is 32.9 Å². The molecule has 7 nitrogen and oxygen atoms in total. The van der Waals surface area contributed by atoms with Gasteiger partial charge in [-0.3, -0.25) is 14.5 Å². The lowest BCUT2D eigenvalue weighted by Crippen LogP contribution is -2.30. The van der Waals surface area contributed by atoms with Gasteiger partial charge in [0.25, 0.3) is 5.78 Å². The number of Topliss-reactive ketones (excluding diaryl/α,β-unsaturated/α-hetero) is 1. The molecule has 1 aliphatic heterocycles. The monoisotopic (exact) mass is 511 g/mol. The van der Waals surface area contributed by atoms with Gasteiger partial charge in [-0.25, -0.2) is 0 Å². The number of rotatable bonds is 4. The quantitative estimate of drug-likeness (QED) is 0.278. The number of nitrogens with zero attached hydrogens (tertiary/aromatic N) is 3. The largest absolute Gasteiger partial charge is 0.573 e. The number of amides is 1. The summed E-state index contributed by atoms with van der Waals surface area (Å²) in [6.45, 7) is 7.79. The second-order valence-electron chi connectivity index (χ2n) is 9.65. The number of anilines is 1. The molecule has 1 aromatic heterocycles. The van der Waals surface area contributed by atoms with Crippen molar-refractivity contribution in [2.75, 3.05) is 4.90 Å². The van der Waals surface area contributed by atoms with Crippen molar-refractivity contribution >= 4 is 23.3 Å². The summed E-state index contributed by atoms with van der Waals surface area (Å²) in [5.74, 6) is -2.74. The third kappa shape index (κ3) is 5.32. The van der Waals surface area contributed by atoms with Crippen molar-refractivity contribution < 1.29 is 32.6 Å². The number of benzene rings is 2. The molecule has 0 spiro atoms. The van der Waals surface area contributed by atoms with E-state index >= 15 is 0 Å². The van der Waals surface area contributed by atoms with Crippen LogP contribution in [0.15, 0.2) is 66.2 Å². The smallest absolute Gasteiger partial charge is 0.507 e. The summed E-state index contributed by atoms with van der Waals surface area (Å²) in [6, 6.07) is 13.6. The normalized spacial score (nSPS) is 17.8. The molecule has 4 rings (SSSR count). The molecule has 0 bridgehead atoms. The lowest BCUT2D eigenvalue weighted by atomic mass is 9.86. The van der Waals surface area contributed by atoms with Gasteiger partial charge in [0.15, 0.2) is 5.82 Å². The minimum absolute atomic E-state index is 0.0513. The molecule has 1 aliphatic rings. The number of alkyl halides is 3. The summed E-state index contributed by atoms with van der Waals surface area (Å²) in [4.78, 5) is 27.4. The van der Waals surface area contributed by atoms with Crippen LogP contribution in [-0.4, -0.2) is 33.4 Å². The van der Waals surface area contributed by atoms with E-state index in [4.69, 9.17) is 0 Å². The van der Waals surface area contributed by atoms with Crippen LogP contribution in [0.4, 0.5) is 19.0 Å². The number of hydrogen-bond donors (Lipinski definition) is 1. The van der Waals surface area contributed by atoms with Crippen molar-refractivity contribution in [1.82, 2.24) is 10.2 Å². The van der Waals surface area contributed by atoms with E-state index in [9.17, 15) is 27.9 Å². The van der Waals surface area contributed by atoms with Gasteiger partial charge >= 0.3 is 12.3 Å². The minimum Gasteiger partial charge on any atom is -0.507 e. The Labute approximate surface area is 211 Å². The molecule has 2 aromatic carbocycles. The fourth-order valence-corrected chi connectivity index (χ4v) is 4.04. The first-order valence-electron chi connectivity index (χ1n) is 11.3. The third-order valence-corrected chi connectivity index (χ3v) is 5.93. The van der Waals surface area contributed by atoms with Gasteiger partial charge in [-0.15, -0.1) is 18.3 Å². The molecule has 3 aromatic rings. The first kappa shape index (κ1) is 25.9. The van der Waals surface area contributed by atoms with E-state index in [2.05, 4.69) is 14.9 Å². The molecule has 1 atom stereocenters. The number of aromatic nitrogens is 2. The molecule has 37 heavy (non-hydrogen) atoms. The molecule has 2 heterocycles. The first-order valence-corrected chi connectivity index (χ1v) is 11.3. The number of hydrogen-bond acceptors (Lipinski definition) is 6. The lowest BCUT2D eigenvalue weighted by Gasteiger charge is -2.24. The number of ether oxygens (including phenoxy) is 1. The highest BCUT2D eigenvalue weighted by atomic mass is 19.4. The molecule has 0 aliphatic carbocycles. The zero-order chi connectivity index (χ0) is 27.1. The number of ketones is 1. The molecular formula is C27H24F3N3O4. The summed E-state index contributed by atoms with van der Waals surface area (Å²) in [7, 11) is 0. The maximum atomic E-state index is 13.2. The Morgan fingerprint density at radius 1 is 0.919 bits per heavy atom. The number of halogens is 3. The van der Waals surface area contributed by atoms with Crippen LogP contribution in [0, 0.1) is 6.92 Å². The van der Waals surface area contributed by atoms with Crippen LogP contribution in [0.25, 0.3) is 5.76 Å². The number of aryl methyl sites for hydroxylation is 1. The second kappa shape index (κ2) is 9.34. The molecular weight excluding hydrogens is 487 g/mol. The molecule has 1 N–H and O–H groups in total. The predicted molar refractivity (Wildman–Crippen MR) is 130 cm³/mol. The third-order valence-electron chi connectivity index (χ3n) is 5.93. The average Bonchev–Trinajstić information content (AvgIpc) is 3.08. The number of carbonyl (C=O) groups excluding carboxylic acids is 2. The van der Waals surface area contributed by atoms with Crippen LogP contribution in [-0.2, 0) is 15.0 Å². The molecule has 0 unspecified atom stereocenters. The van der Waals surface area contributed by atoms with E-state index < -0.39 is 35.6 Å².